The molecule has 3 aliphatic rings. The molecule has 1 fully saturated rings. The van der Waals surface area contributed by atoms with Crippen molar-refractivity contribution in [3.05, 3.63) is 46.8 Å². The molecule has 3 N–H and O–H groups in total. The van der Waals surface area contributed by atoms with Crippen molar-refractivity contribution < 1.29 is 9.90 Å². The fourth-order valence-corrected chi connectivity index (χ4v) is 4.77. The Morgan fingerprint density at radius 3 is 2.95 bits per heavy atom. The van der Waals surface area contributed by atoms with E-state index in [1.54, 1.807) is 6.07 Å². The Morgan fingerprint density at radius 1 is 1.36 bits per heavy atom. The first-order chi connectivity index (χ1) is 10.7. The van der Waals surface area contributed by atoms with Crippen molar-refractivity contribution in [2.75, 3.05) is 5.32 Å². The number of anilines is 1. The van der Waals surface area contributed by atoms with Gasteiger partial charge in [0.25, 0.3) is 0 Å². The highest BCUT2D eigenvalue weighted by Gasteiger charge is 2.55. The number of rotatable bonds is 1. The molecule has 22 heavy (non-hydrogen) atoms. The van der Waals surface area contributed by atoms with Gasteiger partial charge in [0.1, 0.15) is 0 Å². The zero-order valence-corrected chi connectivity index (χ0v) is 12.1. The van der Waals surface area contributed by atoms with Crippen LogP contribution in [0.5, 0.6) is 0 Å². The summed E-state index contributed by atoms with van der Waals surface area (Å²) in [5.41, 5.74) is 5.32. The van der Waals surface area contributed by atoms with Crippen LogP contribution in [0.2, 0.25) is 0 Å². The Balaban J connectivity index is 1.70. The molecule has 5 rings (SSSR count). The van der Waals surface area contributed by atoms with Crippen LogP contribution in [-0.4, -0.2) is 21.3 Å². The number of benzene rings is 1. The number of nitrogens with one attached hydrogen (secondary N) is 2. The van der Waals surface area contributed by atoms with Crippen molar-refractivity contribution in [2.45, 2.75) is 37.6 Å². The van der Waals surface area contributed by atoms with Gasteiger partial charge < -0.3 is 10.4 Å². The SMILES string of the molecule is O=C(O)c1ccc2c(c1)C1C(N2)c2n[nH]cc2CC12CCC2. The number of carboxylic acid groups (broad SMARTS) is 1. The van der Waals surface area contributed by atoms with Crippen LogP contribution in [0.4, 0.5) is 5.69 Å². The highest BCUT2D eigenvalue weighted by atomic mass is 16.4. The first kappa shape index (κ1) is 12.3. The number of hydrogen-bond donors (Lipinski definition) is 3. The summed E-state index contributed by atoms with van der Waals surface area (Å²) in [6.45, 7) is 0. The van der Waals surface area contributed by atoms with E-state index in [2.05, 4.69) is 15.5 Å². The van der Waals surface area contributed by atoms with E-state index >= 15 is 0 Å². The van der Waals surface area contributed by atoms with Crippen molar-refractivity contribution in [3.8, 4) is 0 Å². The standard InChI is InChI=1S/C17H17N3O2/c21-16(22)9-2-3-12-11(6-9)13-15(19-12)14-10(8-18-20-14)7-17(13)4-1-5-17/h2-3,6,8,13,15,19H,1,4-5,7H2,(H,18,20)(H,21,22). The van der Waals surface area contributed by atoms with E-state index in [0.29, 0.717) is 11.5 Å². The van der Waals surface area contributed by atoms with Crippen LogP contribution in [-0.2, 0) is 6.42 Å². The molecule has 0 amide bonds. The molecule has 2 aliphatic carbocycles. The number of aromatic nitrogens is 2. The molecular weight excluding hydrogens is 278 g/mol. The number of nitrogens with zero attached hydrogens (tertiary/aromatic N) is 1. The molecule has 1 saturated carbocycles. The minimum Gasteiger partial charge on any atom is -0.478 e. The van der Waals surface area contributed by atoms with Gasteiger partial charge in [-0.05, 0) is 54.0 Å². The number of fused-ring (bicyclic) bond motifs is 6. The summed E-state index contributed by atoms with van der Waals surface area (Å²) in [5.74, 6) is -0.517. The molecule has 0 radical (unpaired) electrons. The van der Waals surface area contributed by atoms with Gasteiger partial charge in [0.2, 0.25) is 0 Å². The van der Waals surface area contributed by atoms with E-state index in [1.807, 2.05) is 18.3 Å². The van der Waals surface area contributed by atoms with Crippen LogP contribution in [0.3, 0.4) is 0 Å². The molecule has 2 aromatic rings. The lowest BCUT2D eigenvalue weighted by molar-refractivity contribution is 0.0690. The third-order valence-electron chi connectivity index (χ3n) is 5.88. The number of carbonyl (C=O) groups is 1. The Morgan fingerprint density at radius 2 is 2.23 bits per heavy atom. The van der Waals surface area contributed by atoms with Gasteiger partial charge in [-0.15, -0.1) is 0 Å². The lowest BCUT2D eigenvalue weighted by Crippen LogP contribution is -2.43. The lowest BCUT2D eigenvalue weighted by Gasteiger charge is -2.51. The topological polar surface area (TPSA) is 78.0 Å². The molecule has 2 unspecified atom stereocenters. The Bertz CT molecular complexity index is 791. The number of H-pyrrole nitrogens is 1. The molecule has 2 atom stereocenters. The first-order valence-corrected chi connectivity index (χ1v) is 7.84. The number of hydrogen-bond acceptors (Lipinski definition) is 3. The average Bonchev–Trinajstić information content (AvgIpc) is 3.07. The summed E-state index contributed by atoms with van der Waals surface area (Å²) in [6.07, 6.45) is 6.79. The van der Waals surface area contributed by atoms with Crippen molar-refractivity contribution >= 4 is 11.7 Å². The zero-order valence-electron chi connectivity index (χ0n) is 12.1. The smallest absolute Gasteiger partial charge is 0.335 e. The summed E-state index contributed by atoms with van der Waals surface area (Å²) in [5, 5.41) is 20.4. The first-order valence-electron chi connectivity index (χ1n) is 7.84. The molecule has 1 aromatic carbocycles. The molecule has 5 heteroatoms. The van der Waals surface area contributed by atoms with E-state index < -0.39 is 5.97 Å². The Kier molecular flexibility index (Phi) is 2.18. The minimum atomic E-state index is -0.856. The molecule has 1 aromatic heterocycles. The van der Waals surface area contributed by atoms with Crippen LogP contribution in [0.15, 0.2) is 24.4 Å². The number of aromatic carboxylic acids is 1. The molecule has 1 aliphatic heterocycles. The molecule has 0 bridgehead atoms. The van der Waals surface area contributed by atoms with Crippen LogP contribution >= 0.6 is 0 Å². The van der Waals surface area contributed by atoms with Crippen LogP contribution < -0.4 is 5.32 Å². The predicted molar refractivity (Wildman–Crippen MR) is 81.1 cm³/mol. The highest BCUT2D eigenvalue weighted by Crippen LogP contribution is 2.64. The average molecular weight is 295 g/mol. The molecular formula is C17H17N3O2. The number of carboxylic acids is 1. The van der Waals surface area contributed by atoms with Gasteiger partial charge in [-0.1, -0.05) is 6.42 Å². The van der Waals surface area contributed by atoms with Gasteiger partial charge in [-0.2, -0.15) is 5.10 Å². The summed E-state index contributed by atoms with van der Waals surface area (Å²) < 4.78 is 0. The maximum Gasteiger partial charge on any atom is 0.335 e. The van der Waals surface area contributed by atoms with Crippen LogP contribution in [0, 0.1) is 5.41 Å². The van der Waals surface area contributed by atoms with Crippen molar-refractivity contribution in [1.82, 2.24) is 10.2 Å². The molecule has 1 spiro atoms. The quantitative estimate of drug-likeness (QED) is 0.755. The maximum absolute atomic E-state index is 11.3. The van der Waals surface area contributed by atoms with Gasteiger partial charge >= 0.3 is 5.97 Å². The van der Waals surface area contributed by atoms with E-state index in [0.717, 1.165) is 17.8 Å². The third-order valence-corrected chi connectivity index (χ3v) is 5.88. The molecule has 5 nitrogen and oxygen atoms in total. The second-order valence-corrected chi connectivity index (χ2v) is 6.90. The molecule has 2 heterocycles. The van der Waals surface area contributed by atoms with E-state index in [1.165, 1.54) is 30.4 Å². The fraction of sp³-hybridized carbons (Fsp3) is 0.412. The monoisotopic (exact) mass is 295 g/mol. The van der Waals surface area contributed by atoms with Gasteiger partial charge in [0, 0.05) is 17.8 Å². The van der Waals surface area contributed by atoms with E-state index in [4.69, 9.17) is 0 Å². The Hall–Kier alpha value is -2.30. The summed E-state index contributed by atoms with van der Waals surface area (Å²) >= 11 is 0. The van der Waals surface area contributed by atoms with Crippen molar-refractivity contribution in [1.29, 1.82) is 0 Å². The fourth-order valence-electron chi connectivity index (χ4n) is 4.77. The van der Waals surface area contributed by atoms with E-state index in [9.17, 15) is 9.90 Å². The van der Waals surface area contributed by atoms with Gasteiger partial charge in [0.05, 0.1) is 17.3 Å². The maximum atomic E-state index is 11.3. The zero-order chi connectivity index (χ0) is 14.9. The molecule has 112 valence electrons. The van der Waals surface area contributed by atoms with Crippen molar-refractivity contribution in [3.63, 3.8) is 0 Å². The second-order valence-electron chi connectivity index (χ2n) is 6.90. The Labute approximate surface area is 127 Å². The van der Waals surface area contributed by atoms with Gasteiger partial charge in [-0.25, -0.2) is 4.79 Å². The lowest BCUT2D eigenvalue weighted by atomic mass is 9.53. The normalized spacial score (nSPS) is 26.5. The van der Waals surface area contributed by atoms with Crippen LogP contribution in [0.1, 0.15) is 58.4 Å². The third kappa shape index (κ3) is 1.39. The number of aromatic amines is 1. The summed E-state index contributed by atoms with van der Waals surface area (Å²) in [7, 11) is 0. The minimum absolute atomic E-state index is 0.175. The van der Waals surface area contributed by atoms with E-state index in [-0.39, 0.29) is 11.5 Å². The predicted octanol–water partition coefficient (Wildman–Crippen LogP) is 3.08. The highest BCUT2D eigenvalue weighted by molar-refractivity contribution is 5.89. The largest absolute Gasteiger partial charge is 0.478 e. The second kappa shape index (κ2) is 3.91. The van der Waals surface area contributed by atoms with Gasteiger partial charge in [0.15, 0.2) is 0 Å². The van der Waals surface area contributed by atoms with Crippen molar-refractivity contribution in [2.24, 2.45) is 5.41 Å². The summed E-state index contributed by atoms with van der Waals surface area (Å²) in [6, 6.07) is 5.64. The molecule has 0 saturated heterocycles. The van der Waals surface area contributed by atoms with Gasteiger partial charge in [-0.3, -0.25) is 5.10 Å². The van der Waals surface area contributed by atoms with Crippen LogP contribution in [0.25, 0.3) is 0 Å². The summed E-state index contributed by atoms with van der Waals surface area (Å²) in [4.78, 5) is 11.3.